The highest BCUT2D eigenvalue weighted by Gasteiger charge is 2.42. The number of benzene rings is 1. The molecule has 0 radical (unpaired) electrons. The fraction of sp³-hybridized carbons (Fsp3) is 0.320. The van der Waals surface area contributed by atoms with Crippen LogP contribution >= 0.6 is 12.2 Å². The van der Waals surface area contributed by atoms with E-state index in [1.54, 1.807) is 6.20 Å². The first-order valence-electron chi connectivity index (χ1n) is 10.7. The van der Waals surface area contributed by atoms with E-state index in [-0.39, 0.29) is 24.5 Å². The Bertz CT molecular complexity index is 1130. The van der Waals surface area contributed by atoms with Crippen molar-refractivity contribution in [1.29, 1.82) is 0 Å². The second kappa shape index (κ2) is 9.12. The number of carbonyl (C=O) groups is 1. The number of esters is 1. The summed E-state index contributed by atoms with van der Waals surface area (Å²) in [7, 11) is 1.41. The predicted octanol–water partition coefficient (Wildman–Crippen LogP) is 4.33. The van der Waals surface area contributed by atoms with Crippen molar-refractivity contribution in [2.75, 3.05) is 13.7 Å². The Kier molecular flexibility index (Phi) is 6.28. The van der Waals surface area contributed by atoms with Crippen LogP contribution in [0.15, 0.2) is 54.7 Å². The van der Waals surface area contributed by atoms with Crippen LogP contribution < -0.4 is 5.32 Å². The second-order valence-electron chi connectivity index (χ2n) is 8.03. The second-order valence-corrected chi connectivity index (χ2v) is 8.41. The van der Waals surface area contributed by atoms with Gasteiger partial charge in [-0.05, 0) is 62.8 Å². The van der Waals surface area contributed by atoms with Crippen molar-refractivity contribution in [3.8, 4) is 5.69 Å². The lowest BCUT2D eigenvalue weighted by molar-refractivity contribution is -0.140. The van der Waals surface area contributed by atoms with Crippen LogP contribution in [-0.2, 0) is 9.53 Å². The molecule has 166 valence electrons. The van der Waals surface area contributed by atoms with E-state index in [1.165, 1.54) is 23.9 Å². The maximum Gasteiger partial charge on any atom is 0.307 e. The van der Waals surface area contributed by atoms with Crippen molar-refractivity contribution < 1.29 is 9.53 Å². The van der Waals surface area contributed by atoms with Crippen LogP contribution in [0.1, 0.15) is 46.7 Å². The molecular weight excluding hydrogens is 420 g/mol. The Balaban J connectivity index is 1.84. The average Bonchev–Trinajstić information content (AvgIpc) is 3.25. The maximum atomic E-state index is 11.9. The van der Waals surface area contributed by atoms with Crippen molar-refractivity contribution in [2.45, 2.75) is 39.3 Å². The molecule has 2 aromatic heterocycles. The standard InChI is InChI=1S/C25H28N4O2S/c1-16-17(2)29(19-10-6-5-7-11-19)18(3)22(16)24-23(20-12-8-9-14-26-20)27-25(32)28(24)15-13-21(30)31-4/h5-12,14,23-24H,13,15H2,1-4H3,(H,27,32)/t23-,24-/m1/s1. The molecule has 3 heterocycles. The van der Waals surface area contributed by atoms with Gasteiger partial charge in [-0.15, -0.1) is 0 Å². The normalized spacial score (nSPS) is 18.0. The van der Waals surface area contributed by atoms with Gasteiger partial charge in [-0.1, -0.05) is 24.3 Å². The quantitative estimate of drug-likeness (QED) is 0.447. The largest absolute Gasteiger partial charge is 0.469 e. The molecule has 0 saturated carbocycles. The molecule has 0 amide bonds. The minimum Gasteiger partial charge on any atom is -0.469 e. The molecular formula is C25H28N4O2S. The molecule has 32 heavy (non-hydrogen) atoms. The zero-order chi connectivity index (χ0) is 22.8. The van der Waals surface area contributed by atoms with Gasteiger partial charge in [0.15, 0.2) is 5.11 Å². The minimum absolute atomic E-state index is 0.0919. The molecule has 1 N–H and O–H groups in total. The molecule has 2 atom stereocenters. The van der Waals surface area contributed by atoms with Crippen molar-refractivity contribution in [2.24, 2.45) is 0 Å². The smallest absolute Gasteiger partial charge is 0.307 e. The van der Waals surface area contributed by atoms with Crippen molar-refractivity contribution in [3.05, 3.63) is 82.9 Å². The zero-order valence-corrected chi connectivity index (χ0v) is 19.6. The van der Waals surface area contributed by atoms with Gasteiger partial charge in [0.1, 0.15) is 0 Å². The summed E-state index contributed by atoms with van der Waals surface area (Å²) in [6.07, 6.45) is 2.06. The molecule has 7 heteroatoms. The van der Waals surface area contributed by atoms with E-state index < -0.39 is 0 Å². The molecule has 1 aromatic carbocycles. The number of methoxy groups -OCH3 is 1. The number of nitrogens with one attached hydrogen (secondary N) is 1. The number of aromatic nitrogens is 2. The monoisotopic (exact) mass is 448 g/mol. The number of para-hydroxylation sites is 1. The van der Waals surface area contributed by atoms with Gasteiger partial charge in [0, 0.05) is 35.4 Å². The van der Waals surface area contributed by atoms with E-state index in [0.717, 1.165) is 17.1 Å². The highest BCUT2D eigenvalue weighted by Crippen LogP contribution is 2.43. The van der Waals surface area contributed by atoms with E-state index in [0.29, 0.717) is 11.7 Å². The van der Waals surface area contributed by atoms with Gasteiger partial charge >= 0.3 is 5.97 Å². The van der Waals surface area contributed by atoms with Gasteiger partial charge in [0.25, 0.3) is 0 Å². The van der Waals surface area contributed by atoms with E-state index in [9.17, 15) is 4.79 Å². The number of rotatable bonds is 6. The third-order valence-electron chi connectivity index (χ3n) is 6.30. The third-order valence-corrected chi connectivity index (χ3v) is 6.65. The van der Waals surface area contributed by atoms with Gasteiger partial charge in [-0.25, -0.2) is 0 Å². The summed E-state index contributed by atoms with van der Waals surface area (Å²) in [4.78, 5) is 18.6. The number of thiocarbonyl (C=S) groups is 1. The highest BCUT2D eigenvalue weighted by atomic mass is 32.1. The lowest BCUT2D eigenvalue weighted by atomic mass is 9.93. The van der Waals surface area contributed by atoms with Crippen LogP contribution in [0.5, 0.6) is 0 Å². The number of nitrogens with zero attached hydrogens (tertiary/aromatic N) is 3. The van der Waals surface area contributed by atoms with Crippen LogP contribution in [0, 0.1) is 20.8 Å². The van der Waals surface area contributed by atoms with Crippen molar-refractivity contribution in [3.63, 3.8) is 0 Å². The first kappa shape index (κ1) is 22.0. The Morgan fingerprint density at radius 3 is 2.47 bits per heavy atom. The summed E-state index contributed by atoms with van der Waals surface area (Å²) < 4.78 is 7.17. The number of carbonyl (C=O) groups excluding carboxylic acids is 1. The van der Waals surface area contributed by atoms with Crippen LogP contribution in [0.2, 0.25) is 0 Å². The maximum absolute atomic E-state index is 11.9. The Labute approximate surface area is 194 Å². The molecule has 1 saturated heterocycles. The summed E-state index contributed by atoms with van der Waals surface area (Å²) in [5.41, 5.74) is 6.82. The molecule has 1 fully saturated rings. The molecule has 6 nitrogen and oxygen atoms in total. The third kappa shape index (κ3) is 3.88. The lowest BCUT2D eigenvalue weighted by Crippen LogP contribution is -2.32. The molecule has 4 rings (SSSR count). The number of pyridine rings is 1. The predicted molar refractivity (Wildman–Crippen MR) is 129 cm³/mol. The first-order valence-corrected chi connectivity index (χ1v) is 11.1. The van der Waals surface area contributed by atoms with Gasteiger partial charge in [-0.2, -0.15) is 0 Å². The van der Waals surface area contributed by atoms with Gasteiger partial charge in [0.05, 0.1) is 31.3 Å². The van der Waals surface area contributed by atoms with Crippen LogP contribution in [0.4, 0.5) is 0 Å². The van der Waals surface area contributed by atoms with Crippen molar-refractivity contribution in [1.82, 2.24) is 19.8 Å². The molecule has 0 unspecified atom stereocenters. The number of ether oxygens (including phenoxy) is 1. The van der Waals surface area contributed by atoms with Crippen LogP contribution in [0.25, 0.3) is 5.69 Å². The van der Waals surface area contributed by atoms with E-state index in [1.807, 2.05) is 24.3 Å². The number of hydrogen-bond acceptors (Lipinski definition) is 4. The summed E-state index contributed by atoms with van der Waals surface area (Å²) in [6.45, 7) is 6.93. The van der Waals surface area contributed by atoms with Gasteiger partial charge < -0.3 is 19.5 Å². The topological polar surface area (TPSA) is 59.4 Å². The first-order chi connectivity index (χ1) is 15.4. The Morgan fingerprint density at radius 1 is 1.09 bits per heavy atom. The van der Waals surface area contributed by atoms with E-state index in [2.05, 4.69) is 64.8 Å². The Hall–Kier alpha value is -3.19. The van der Waals surface area contributed by atoms with Crippen LogP contribution in [-0.4, -0.2) is 39.2 Å². The minimum atomic E-state index is -0.251. The van der Waals surface area contributed by atoms with Gasteiger partial charge in [0.2, 0.25) is 0 Å². The molecule has 0 aliphatic carbocycles. The SMILES string of the molecule is COC(=O)CCN1C(=S)N[C@H](c2ccccn2)[C@H]1c1c(C)c(C)n(-c2ccccc2)c1C. The summed E-state index contributed by atoms with van der Waals surface area (Å²) in [5, 5.41) is 4.09. The molecule has 0 spiro atoms. The van der Waals surface area contributed by atoms with E-state index >= 15 is 0 Å². The molecule has 1 aliphatic heterocycles. The molecule has 3 aromatic rings. The fourth-order valence-electron chi connectivity index (χ4n) is 4.68. The van der Waals surface area contributed by atoms with Crippen molar-refractivity contribution >= 4 is 23.3 Å². The van der Waals surface area contributed by atoms with Gasteiger partial charge in [-0.3, -0.25) is 9.78 Å². The highest BCUT2D eigenvalue weighted by molar-refractivity contribution is 7.80. The summed E-state index contributed by atoms with van der Waals surface area (Å²) in [5.74, 6) is -0.251. The average molecular weight is 449 g/mol. The number of hydrogen-bond donors (Lipinski definition) is 1. The molecule has 0 bridgehead atoms. The van der Waals surface area contributed by atoms with Crippen LogP contribution in [0.3, 0.4) is 0 Å². The van der Waals surface area contributed by atoms with E-state index in [4.69, 9.17) is 17.0 Å². The summed E-state index contributed by atoms with van der Waals surface area (Å²) >= 11 is 5.73. The summed E-state index contributed by atoms with van der Waals surface area (Å²) in [6, 6.07) is 16.1. The Morgan fingerprint density at radius 2 is 1.81 bits per heavy atom. The molecule has 1 aliphatic rings. The lowest BCUT2D eigenvalue weighted by Gasteiger charge is -2.28. The zero-order valence-electron chi connectivity index (χ0n) is 18.8. The fourth-order valence-corrected chi connectivity index (χ4v) is 5.01.